The summed E-state index contributed by atoms with van der Waals surface area (Å²) >= 11 is 4.85. The lowest BCUT2D eigenvalue weighted by Gasteiger charge is -2.26. The number of hydrogen-bond acceptors (Lipinski definition) is 3. The summed E-state index contributed by atoms with van der Waals surface area (Å²) in [5, 5.41) is 4.90. The molecule has 0 unspecified atom stereocenters. The molecule has 0 aromatic carbocycles. The van der Waals surface area contributed by atoms with E-state index in [1.165, 1.54) is 43.7 Å². The highest BCUT2D eigenvalue weighted by atomic mass is 79.9. The topological polar surface area (TPSA) is 32.3 Å². The number of amides is 1. The number of hydrogen-bond donors (Lipinski definition) is 1. The second-order valence-electron chi connectivity index (χ2n) is 4.61. The van der Waals surface area contributed by atoms with Crippen LogP contribution in [0, 0.1) is 0 Å². The molecule has 1 N–H and O–H groups in total. The Balaban J connectivity index is 1.63. The van der Waals surface area contributed by atoms with E-state index in [1.807, 2.05) is 11.4 Å². The smallest absolute Gasteiger partial charge is 0.262 e. The third kappa shape index (κ3) is 4.07. The number of thiophene rings is 1. The average molecular weight is 331 g/mol. The van der Waals surface area contributed by atoms with Gasteiger partial charge in [0.15, 0.2) is 0 Å². The van der Waals surface area contributed by atoms with Gasteiger partial charge >= 0.3 is 0 Å². The van der Waals surface area contributed by atoms with E-state index >= 15 is 0 Å². The van der Waals surface area contributed by atoms with Gasteiger partial charge in [0.25, 0.3) is 5.91 Å². The molecular formula is C13H19BrN2OS. The number of carbonyl (C=O) groups excluding carboxylic acids is 1. The number of nitrogens with one attached hydrogen (secondary N) is 1. The average Bonchev–Trinajstić information content (AvgIpc) is 2.82. The van der Waals surface area contributed by atoms with E-state index in [-0.39, 0.29) is 5.91 Å². The summed E-state index contributed by atoms with van der Waals surface area (Å²) in [5.41, 5.74) is 0. The van der Waals surface area contributed by atoms with Crippen LogP contribution in [0.15, 0.2) is 15.9 Å². The molecule has 1 aromatic heterocycles. The maximum atomic E-state index is 11.8. The molecule has 5 heteroatoms. The van der Waals surface area contributed by atoms with Gasteiger partial charge in [0.1, 0.15) is 4.88 Å². The van der Waals surface area contributed by atoms with Crippen molar-refractivity contribution >= 4 is 33.2 Å². The van der Waals surface area contributed by atoms with Gasteiger partial charge in [0.2, 0.25) is 0 Å². The van der Waals surface area contributed by atoms with E-state index < -0.39 is 0 Å². The summed E-state index contributed by atoms with van der Waals surface area (Å²) in [7, 11) is 0. The number of piperidine rings is 1. The predicted molar refractivity (Wildman–Crippen MR) is 79.3 cm³/mol. The minimum atomic E-state index is 0.0375. The number of likely N-dealkylation sites (tertiary alicyclic amines) is 1. The van der Waals surface area contributed by atoms with Crippen molar-refractivity contribution in [3.05, 3.63) is 20.8 Å². The molecule has 0 aliphatic carbocycles. The van der Waals surface area contributed by atoms with Gasteiger partial charge in [0, 0.05) is 11.0 Å². The van der Waals surface area contributed by atoms with Crippen LogP contribution in [0.5, 0.6) is 0 Å². The van der Waals surface area contributed by atoms with Crippen molar-refractivity contribution in [3.8, 4) is 0 Å². The van der Waals surface area contributed by atoms with Crippen LogP contribution in [-0.2, 0) is 0 Å². The molecular weight excluding hydrogens is 312 g/mol. The highest BCUT2D eigenvalue weighted by Crippen LogP contribution is 2.22. The molecule has 2 heterocycles. The Morgan fingerprint density at radius 2 is 2.17 bits per heavy atom. The molecule has 1 aliphatic rings. The van der Waals surface area contributed by atoms with Crippen LogP contribution >= 0.6 is 27.3 Å². The van der Waals surface area contributed by atoms with Gasteiger partial charge in [-0.05, 0) is 66.3 Å². The first-order chi connectivity index (χ1) is 8.77. The minimum absolute atomic E-state index is 0.0375. The fourth-order valence-electron chi connectivity index (χ4n) is 2.22. The second kappa shape index (κ2) is 7.26. The van der Waals surface area contributed by atoms with Gasteiger partial charge in [-0.3, -0.25) is 4.79 Å². The van der Waals surface area contributed by atoms with E-state index in [0.29, 0.717) is 0 Å². The molecule has 3 nitrogen and oxygen atoms in total. The minimum Gasteiger partial charge on any atom is -0.351 e. The SMILES string of the molecule is O=C(NCCCN1CCCCC1)c1sccc1Br. The summed E-state index contributed by atoms with van der Waals surface area (Å²) < 4.78 is 0.890. The first-order valence-corrected chi connectivity index (χ1v) is 8.18. The third-order valence-electron chi connectivity index (χ3n) is 3.21. The highest BCUT2D eigenvalue weighted by Gasteiger charge is 2.12. The fourth-order valence-corrected chi connectivity index (χ4v) is 3.69. The number of rotatable bonds is 5. The van der Waals surface area contributed by atoms with E-state index in [2.05, 4.69) is 26.1 Å². The zero-order valence-corrected chi connectivity index (χ0v) is 12.9. The summed E-state index contributed by atoms with van der Waals surface area (Å²) in [6.07, 6.45) is 5.07. The summed E-state index contributed by atoms with van der Waals surface area (Å²) in [6, 6.07) is 1.91. The quantitative estimate of drug-likeness (QED) is 0.841. The fraction of sp³-hybridized carbons (Fsp3) is 0.615. The zero-order chi connectivity index (χ0) is 12.8. The van der Waals surface area contributed by atoms with Crippen LogP contribution in [0.4, 0.5) is 0 Å². The summed E-state index contributed by atoms with van der Waals surface area (Å²) in [6.45, 7) is 4.32. The third-order valence-corrected chi connectivity index (χ3v) is 5.05. The van der Waals surface area contributed by atoms with Gasteiger partial charge in [-0.1, -0.05) is 6.42 Å². The molecule has 1 aromatic rings. The largest absolute Gasteiger partial charge is 0.351 e. The van der Waals surface area contributed by atoms with Crippen molar-refractivity contribution in [3.63, 3.8) is 0 Å². The van der Waals surface area contributed by atoms with E-state index in [9.17, 15) is 4.79 Å². The Morgan fingerprint density at radius 3 is 2.83 bits per heavy atom. The van der Waals surface area contributed by atoms with Crippen LogP contribution in [0.3, 0.4) is 0 Å². The van der Waals surface area contributed by atoms with Gasteiger partial charge < -0.3 is 10.2 Å². The van der Waals surface area contributed by atoms with Crippen LogP contribution in [0.1, 0.15) is 35.4 Å². The number of nitrogens with zero attached hydrogens (tertiary/aromatic N) is 1. The Hall–Kier alpha value is -0.390. The van der Waals surface area contributed by atoms with E-state index in [1.54, 1.807) is 0 Å². The molecule has 1 aliphatic heterocycles. The lowest BCUT2D eigenvalue weighted by molar-refractivity contribution is 0.0954. The molecule has 0 atom stereocenters. The normalized spacial score (nSPS) is 16.7. The Morgan fingerprint density at radius 1 is 1.39 bits per heavy atom. The molecule has 18 heavy (non-hydrogen) atoms. The van der Waals surface area contributed by atoms with Crippen molar-refractivity contribution in [2.45, 2.75) is 25.7 Å². The van der Waals surface area contributed by atoms with Gasteiger partial charge in [-0.25, -0.2) is 0 Å². The number of halogens is 1. The molecule has 0 saturated carbocycles. The van der Waals surface area contributed by atoms with Crippen molar-refractivity contribution in [2.24, 2.45) is 0 Å². The maximum absolute atomic E-state index is 11.8. The van der Waals surface area contributed by atoms with Crippen LogP contribution in [0.2, 0.25) is 0 Å². The van der Waals surface area contributed by atoms with E-state index in [4.69, 9.17) is 0 Å². The van der Waals surface area contributed by atoms with Gasteiger partial charge in [0.05, 0.1) is 0 Å². The molecule has 100 valence electrons. The predicted octanol–water partition coefficient (Wildman–Crippen LogP) is 3.12. The molecule has 0 spiro atoms. The molecule has 1 fully saturated rings. The Kier molecular flexibility index (Phi) is 5.66. The summed E-state index contributed by atoms with van der Waals surface area (Å²) in [4.78, 5) is 15.1. The van der Waals surface area contributed by atoms with Crippen molar-refractivity contribution in [1.29, 1.82) is 0 Å². The molecule has 1 saturated heterocycles. The van der Waals surface area contributed by atoms with Gasteiger partial charge in [-0.2, -0.15) is 0 Å². The van der Waals surface area contributed by atoms with Crippen LogP contribution in [-0.4, -0.2) is 37.0 Å². The standard InChI is InChI=1S/C13H19BrN2OS/c14-11-5-10-18-12(11)13(17)15-6-4-9-16-7-2-1-3-8-16/h5,10H,1-4,6-9H2,(H,15,17). The van der Waals surface area contributed by atoms with Crippen molar-refractivity contribution in [1.82, 2.24) is 10.2 Å². The highest BCUT2D eigenvalue weighted by molar-refractivity contribution is 9.10. The lowest BCUT2D eigenvalue weighted by Crippen LogP contribution is -2.33. The van der Waals surface area contributed by atoms with Crippen LogP contribution < -0.4 is 5.32 Å². The monoisotopic (exact) mass is 330 g/mol. The van der Waals surface area contributed by atoms with Crippen molar-refractivity contribution in [2.75, 3.05) is 26.2 Å². The van der Waals surface area contributed by atoms with E-state index in [0.717, 1.165) is 28.9 Å². The zero-order valence-electron chi connectivity index (χ0n) is 10.5. The molecule has 2 rings (SSSR count). The van der Waals surface area contributed by atoms with Gasteiger partial charge in [-0.15, -0.1) is 11.3 Å². The Labute approximate surface area is 121 Å². The maximum Gasteiger partial charge on any atom is 0.262 e. The summed E-state index contributed by atoms with van der Waals surface area (Å²) in [5.74, 6) is 0.0375. The Bertz CT molecular complexity index is 388. The second-order valence-corrected chi connectivity index (χ2v) is 6.38. The molecule has 0 radical (unpaired) electrons. The first-order valence-electron chi connectivity index (χ1n) is 6.51. The molecule has 0 bridgehead atoms. The van der Waals surface area contributed by atoms with Crippen LogP contribution in [0.25, 0.3) is 0 Å². The van der Waals surface area contributed by atoms with Crippen molar-refractivity contribution < 1.29 is 4.79 Å². The first kappa shape index (κ1) is 14.0. The lowest BCUT2D eigenvalue weighted by atomic mass is 10.1. The molecule has 1 amide bonds. The number of carbonyl (C=O) groups is 1.